The standard InChI is InChI=1S/C16H23IO3S/c1-3-6-12(17)7-5-8-13-9-10-15(21-13)14(18)11-16(19)20-4-2/h9-10,12H,3-8,11H2,1-2H3. The van der Waals surface area contributed by atoms with Crippen molar-refractivity contribution in [2.75, 3.05) is 6.61 Å². The van der Waals surface area contributed by atoms with E-state index in [1.54, 1.807) is 6.92 Å². The van der Waals surface area contributed by atoms with Crippen LogP contribution in [0.4, 0.5) is 0 Å². The third-order valence-corrected chi connectivity index (χ3v) is 5.52. The second kappa shape index (κ2) is 10.3. The Kier molecular flexibility index (Phi) is 9.15. The molecule has 21 heavy (non-hydrogen) atoms. The molecule has 0 fully saturated rings. The van der Waals surface area contributed by atoms with Crippen molar-refractivity contribution in [2.24, 2.45) is 0 Å². The van der Waals surface area contributed by atoms with E-state index in [2.05, 4.69) is 29.5 Å². The molecule has 1 heterocycles. The number of rotatable bonds is 10. The van der Waals surface area contributed by atoms with Gasteiger partial charge in [0.15, 0.2) is 5.78 Å². The molecule has 3 nitrogen and oxygen atoms in total. The minimum Gasteiger partial charge on any atom is -0.466 e. The zero-order chi connectivity index (χ0) is 15.7. The maximum atomic E-state index is 11.9. The molecule has 0 saturated heterocycles. The lowest BCUT2D eigenvalue weighted by molar-refractivity contribution is -0.141. The van der Waals surface area contributed by atoms with E-state index in [4.69, 9.17) is 4.74 Å². The van der Waals surface area contributed by atoms with Gasteiger partial charge >= 0.3 is 5.97 Å². The van der Waals surface area contributed by atoms with E-state index < -0.39 is 5.97 Å². The van der Waals surface area contributed by atoms with Crippen LogP contribution in [-0.2, 0) is 16.0 Å². The van der Waals surface area contributed by atoms with Crippen LogP contribution in [0, 0.1) is 0 Å². The first-order valence-corrected chi connectivity index (χ1v) is 9.54. The van der Waals surface area contributed by atoms with Crippen molar-refractivity contribution < 1.29 is 14.3 Å². The fourth-order valence-corrected chi connectivity index (χ4v) is 4.10. The number of carbonyl (C=O) groups excluding carboxylic acids is 2. The molecule has 1 unspecified atom stereocenters. The van der Waals surface area contributed by atoms with Crippen LogP contribution in [0.1, 0.15) is 60.5 Å². The van der Waals surface area contributed by atoms with Crippen LogP contribution in [-0.4, -0.2) is 22.3 Å². The molecule has 0 aromatic carbocycles. The van der Waals surface area contributed by atoms with Crippen LogP contribution < -0.4 is 0 Å². The lowest BCUT2D eigenvalue weighted by Gasteiger charge is -2.06. The molecule has 1 aromatic rings. The first-order valence-electron chi connectivity index (χ1n) is 7.48. The average Bonchev–Trinajstić information content (AvgIpc) is 2.88. The molecule has 5 heteroatoms. The third-order valence-electron chi connectivity index (χ3n) is 3.09. The van der Waals surface area contributed by atoms with Crippen molar-refractivity contribution in [3.63, 3.8) is 0 Å². The predicted octanol–water partition coefficient (Wildman–Crippen LogP) is 4.81. The summed E-state index contributed by atoms with van der Waals surface area (Å²) in [6.45, 7) is 4.27. The van der Waals surface area contributed by atoms with Gasteiger partial charge in [0.25, 0.3) is 0 Å². The molecular formula is C16H23IO3S. The summed E-state index contributed by atoms with van der Waals surface area (Å²) in [6, 6.07) is 3.83. The molecule has 1 aromatic heterocycles. The van der Waals surface area contributed by atoms with Crippen molar-refractivity contribution in [1.82, 2.24) is 0 Å². The van der Waals surface area contributed by atoms with Gasteiger partial charge in [-0.3, -0.25) is 9.59 Å². The molecule has 0 aliphatic heterocycles. The third kappa shape index (κ3) is 7.40. The summed E-state index contributed by atoms with van der Waals surface area (Å²) in [5.41, 5.74) is 0. The lowest BCUT2D eigenvalue weighted by Crippen LogP contribution is -2.10. The SMILES string of the molecule is CCCC(I)CCCc1ccc(C(=O)CC(=O)OCC)s1. The summed E-state index contributed by atoms with van der Waals surface area (Å²) in [7, 11) is 0. The van der Waals surface area contributed by atoms with Gasteiger partial charge in [0, 0.05) is 8.80 Å². The summed E-state index contributed by atoms with van der Waals surface area (Å²) in [4.78, 5) is 25.1. The molecule has 0 amide bonds. The molecule has 0 radical (unpaired) electrons. The highest BCUT2D eigenvalue weighted by atomic mass is 127. The van der Waals surface area contributed by atoms with E-state index in [0.717, 1.165) is 16.8 Å². The van der Waals surface area contributed by atoms with Crippen LogP contribution in [0.3, 0.4) is 0 Å². The number of hydrogen-bond acceptors (Lipinski definition) is 4. The highest BCUT2D eigenvalue weighted by Gasteiger charge is 2.14. The zero-order valence-electron chi connectivity index (χ0n) is 12.7. The first kappa shape index (κ1) is 18.6. The van der Waals surface area contributed by atoms with Crippen molar-refractivity contribution in [2.45, 2.75) is 56.3 Å². The van der Waals surface area contributed by atoms with Gasteiger partial charge in [0.1, 0.15) is 6.42 Å². The summed E-state index contributed by atoms with van der Waals surface area (Å²) in [6.07, 6.45) is 5.74. The van der Waals surface area contributed by atoms with Crippen molar-refractivity contribution >= 4 is 45.7 Å². The highest BCUT2D eigenvalue weighted by molar-refractivity contribution is 14.1. The number of carbonyl (C=O) groups is 2. The Bertz CT molecular complexity index is 456. The first-order chi connectivity index (χ1) is 10.1. The van der Waals surface area contributed by atoms with Gasteiger partial charge < -0.3 is 4.74 Å². The molecule has 0 N–H and O–H groups in total. The zero-order valence-corrected chi connectivity index (χ0v) is 15.7. The summed E-state index contributed by atoms with van der Waals surface area (Å²) in [5, 5.41) is 0. The monoisotopic (exact) mass is 422 g/mol. The normalized spacial score (nSPS) is 12.1. The number of aryl methyl sites for hydroxylation is 1. The Balaban J connectivity index is 2.38. The van der Waals surface area contributed by atoms with Gasteiger partial charge in [-0.2, -0.15) is 0 Å². The van der Waals surface area contributed by atoms with E-state index >= 15 is 0 Å². The van der Waals surface area contributed by atoms with E-state index in [9.17, 15) is 9.59 Å². The quantitative estimate of drug-likeness (QED) is 0.179. The van der Waals surface area contributed by atoms with Crippen LogP contribution >= 0.6 is 33.9 Å². The molecule has 118 valence electrons. The smallest absolute Gasteiger partial charge is 0.313 e. The number of alkyl halides is 1. The Morgan fingerprint density at radius 3 is 2.71 bits per heavy atom. The largest absolute Gasteiger partial charge is 0.466 e. The van der Waals surface area contributed by atoms with Gasteiger partial charge in [-0.25, -0.2) is 0 Å². The Morgan fingerprint density at radius 2 is 2.05 bits per heavy atom. The highest BCUT2D eigenvalue weighted by Crippen LogP contribution is 2.22. The Labute approximate surface area is 144 Å². The Hall–Kier alpha value is -0.430. The summed E-state index contributed by atoms with van der Waals surface area (Å²) >= 11 is 4.03. The van der Waals surface area contributed by atoms with E-state index in [1.165, 1.54) is 35.5 Å². The number of esters is 1. The minimum atomic E-state index is -0.440. The topological polar surface area (TPSA) is 43.4 Å². The molecule has 1 atom stereocenters. The molecule has 0 bridgehead atoms. The molecule has 1 rings (SSSR count). The van der Waals surface area contributed by atoms with Crippen LogP contribution in [0.5, 0.6) is 0 Å². The maximum Gasteiger partial charge on any atom is 0.313 e. The fraction of sp³-hybridized carbons (Fsp3) is 0.625. The maximum absolute atomic E-state index is 11.9. The molecule has 0 aliphatic carbocycles. The Morgan fingerprint density at radius 1 is 1.29 bits per heavy atom. The number of Topliss-reactive ketones (excluding diaryl/α,β-unsaturated/α-hetero) is 1. The van der Waals surface area contributed by atoms with Gasteiger partial charge in [-0.15, -0.1) is 11.3 Å². The molecule has 0 spiro atoms. The van der Waals surface area contributed by atoms with Gasteiger partial charge in [-0.1, -0.05) is 35.9 Å². The van der Waals surface area contributed by atoms with Gasteiger partial charge in [0.2, 0.25) is 0 Å². The fourth-order valence-electron chi connectivity index (χ4n) is 2.05. The summed E-state index contributed by atoms with van der Waals surface area (Å²) < 4.78 is 5.55. The predicted molar refractivity (Wildman–Crippen MR) is 95.6 cm³/mol. The van der Waals surface area contributed by atoms with Crippen molar-refractivity contribution in [3.05, 3.63) is 21.9 Å². The molecular weight excluding hydrogens is 399 g/mol. The van der Waals surface area contributed by atoms with Gasteiger partial charge in [-0.05, 0) is 44.7 Å². The van der Waals surface area contributed by atoms with Crippen LogP contribution in [0.15, 0.2) is 12.1 Å². The van der Waals surface area contributed by atoms with E-state index in [1.807, 2.05) is 12.1 Å². The summed E-state index contributed by atoms with van der Waals surface area (Å²) in [5.74, 6) is -0.577. The van der Waals surface area contributed by atoms with E-state index in [0.29, 0.717) is 11.5 Å². The second-order valence-electron chi connectivity index (χ2n) is 4.95. The number of thiophene rings is 1. The van der Waals surface area contributed by atoms with Crippen LogP contribution in [0.2, 0.25) is 0 Å². The van der Waals surface area contributed by atoms with Crippen LogP contribution in [0.25, 0.3) is 0 Å². The van der Waals surface area contributed by atoms with Crippen molar-refractivity contribution in [1.29, 1.82) is 0 Å². The molecule has 0 aliphatic rings. The molecule has 0 saturated carbocycles. The number of ketones is 1. The average molecular weight is 422 g/mol. The number of ether oxygens (including phenoxy) is 1. The minimum absolute atomic E-state index is 0.137. The number of hydrogen-bond donors (Lipinski definition) is 0. The van der Waals surface area contributed by atoms with E-state index in [-0.39, 0.29) is 12.2 Å². The number of halogens is 1. The lowest BCUT2D eigenvalue weighted by atomic mass is 10.1. The van der Waals surface area contributed by atoms with Crippen molar-refractivity contribution in [3.8, 4) is 0 Å². The second-order valence-corrected chi connectivity index (χ2v) is 7.88. The van der Waals surface area contributed by atoms with Gasteiger partial charge in [0.05, 0.1) is 11.5 Å².